The minimum absolute atomic E-state index is 0.195. The first-order valence-electron chi connectivity index (χ1n) is 16.3. The molecule has 9 nitrogen and oxygen atoms in total. The minimum atomic E-state index is -0.217. The zero-order valence-electron chi connectivity index (χ0n) is 28.0. The maximum absolute atomic E-state index is 11.4. The third-order valence-electron chi connectivity index (χ3n) is 9.21. The van der Waals surface area contributed by atoms with Crippen LogP contribution < -0.4 is 4.74 Å². The van der Waals surface area contributed by atoms with Crippen molar-refractivity contribution in [1.82, 2.24) is 15.0 Å². The summed E-state index contributed by atoms with van der Waals surface area (Å²) in [7, 11) is 2.81. The van der Waals surface area contributed by atoms with Crippen LogP contribution in [0.4, 0.5) is 0 Å². The fraction of sp³-hybridized carbons (Fsp3) is 0.395. The maximum atomic E-state index is 11.4. The zero-order valence-corrected chi connectivity index (χ0v) is 28.0. The number of aromatic nitrogens is 3. The van der Waals surface area contributed by atoms with E-state index in [0.717, 1.165) is 55.6 Å². The fourth-order valence-corrected chi connectivity index (χ4v) is 6.50. The number of hydrogen-bond acceptors (Lipinski definition) is 7. The van der Waals surface area contributed by atoms with Crippen molar-refractivity contribution in [3.63, 3.8) is 0 Å². The van der Waals surface area contributed by atoms with Gasteiger partial charge in [-0.25, -0.2) is 0 Å². The SMILES string of the molecule is COC(=O)CCc1[nH]c2ccc(O)cc2c1C.COC(=O)CCc1[nH]c2ccc(OCc3cnc(C4CCCC4)c(C)c3)cc2c1C. The van der Waals surface area contributed by atoms with Crippen molar-refractivity contribution in [2.24, 2.45) is 0 Å². The number of carbonyl (C=O) groups is 2. The van der Waals surface area contributed by atoms with E-state index in [-0.39, 0.29) is 17.7 Å². The van der Waals surface area contributed by atoms with Crippen molar-refractivity contribution in [3.05, 3.63) is 88.0 Å². The molecule has 0 aliphatic heterocycles. The molecule has 3 aromatic heterocycles. The normalized spacial score (nSPS) is 13.0. The van der Waals surface area contributed by atoms with E-state index in [1.54, 1.807) is 12.1 Å². The van der Waals surface area contributed by atoms with Gasteiger partial charge in [0.25, 0.3) is 0 Å². The van der Waals surface area contributed by atoms with Crippen LogP contribution in [0.25, 0.3) is 21.8 Å². The highest BCUT2D eigenvalue weighted by molar-refractivity contribution is 5.86. The van der Waals surface area contributed by atoms with Gasteiger partial charge in [0.05, 0.1) is 27.1 Å². The number of phenolic OH excluding ortho intramolecular Hbond substituents is 1. The molecule has 3 heterocycles. The quantitative estimate of drug-likeness (QED) is 0.133. The summed E-state index contributed by atoms with van der Waals surface area (Å²) in [4.78, 5) is 34.0. The number of nitrogens with one attached hydrogen (secondary N) is 2. The van der Waals surface area contributed by atoms with Gasteiger partial charge in [0.15, 0.2) is 0 Å². The van der Waals surface area contributed by atoms with Crippen LogP contribution in [0.3, 0.4) is 0 Å². The number of ether oxygens (including phenoxy) is 3. The fourth-order valence-electron chi connectivity index (χ4n) is 6.50. The van der Waals surface area contributed by atoms with Gasteiger partial charge >= 0.3 is 11.9 Å². The number of pyridine rings is 1. The van der Waals surface area contributed by atoms with Gasteiger partial charge in [0, 0.05) is 56.6 Å². The van der Waals surface area contributed by atoms with E-state index in [1.807, 2.05) is 31.3 Å². The Kier molecular flexibility index (Phi) is 10.9. The first-order chi connectivity index (χ1) is 22.7. The Balaban J connectivity index is 0.000000216. The Morgan fingerprint density at radius 2 is 1.40 bits per heavy atom. The number of nitrogens with zero attached hydrogens (tertiary/aromatic N) is 1. The second-order valence-corrected chi connectivity index (χ2v) is 12.4. The van der Waals surface area contributed by atoms with Crippen LogP contribution in [0.2, 0.25) is 0 Å². The van der Waals surface area contributed by atoms with Crippen LogP contribution in [0.15, 0.2) is 48.7 Å². The van der Waals surface area contributed by atoms with E-state index in [9.17, 15) is 14.7 Å². The largest absolute Gasteiger partial charge is 0.508 e. The van der Waals surface area contributed by atoms with Crippen LogP contribution in [0, 0.1) is 20.8 Å². The molecule has 0 atom stereocenters. The monoisotopic (exact) mass is 639 g/mol. The molecule has 5 aromatic rings. The third-order valence-corrected chi connectivity index (χ3v) is 9.21. The van der Waals surface area contributed by atoms with Gasteiger partial charge in [-0.1, -0.05) is 12.8 Å². The molecule has 1 saturated carbocycles. The van der Waals surface area contributed by atoms with Gasteiger partial charge < -0.3 is 29.3 Å². The number of aromatic amines is 2. The van der Waals surface area contributed by atoms with Crippen LogP contribution in [-0.2, 0) is 38.5 Å². The summed E-state index contributed by atoms with van der Waals surface area (Å²) in [6.07, 6.45) is 9.13. The molecule has 47 heavy (non-hydrogen) atoms. The molecule has 0 saturated heterocycles. The van der Waals surface area contributed by atoms with E-state index >= 15 is 0 Å². The molecule has 0 spiro atoms. The van der Waals surface area contributed by atoms with Crippen LogP contribution in [0.5, 0.6) is 11.5 Å². The Labute approximate surface area is 275 Å². The van der Waals surface area contributed by atoms with Crippen molar-refractivity contribution in [2.45, 2.75) is 84.7 Å². The molecule has 6 rings (SSSR count). The molecule has 1 aliphatic carbocycles. The average Bonchev–Trinajstić information content (AvgIpc) is 3.80. The number of carbonyl (C=O) groups excluding carboxylic acids is 2. The summed E-state index contributed by atoms with van der Waals surface area (Å²) < 4.78 is 15.4. The highest BCUT2D eigenvalue weighted by Gasteiger charge is 2.20. The second-order valence-electron chi connectivity index (χ2n) is 12.4. The van der Waals surface area contributed by atoms with Gasteiger partial charge in [-0.2, -0.15) is 0 Å². The molecule has 0 unspecified atom stereocenters. The highest BCUT2D eigenvalue weighted by atomic mass is 16.5. The number of esters is 2. The molecule has 0 amide bonds. The molecule has 1 aliphatic rings. The Morgan fingerprint density at radius 3 is 1.98 bits per heavy atom. The number of phenols is 1. The number of benzene rings is 2. The van der Waals surface area contributed by atoms with Crippen LogP contribution in [0.1, 0.15) is 83.8 Å². The van der Waals surface area contributed by atoms with Crippen molar-refractivity contribution >= 4 is 33.7 Å². The van der Waals surface area contributed by atoms with E-state index in [0.29, 0.717) is 38.2 Å². The summed E-state index contributed by atoms with van der Waals surface area (Å²) in [5.41, 5.74) is 9.95. The molecular formula is C38H45N3O6. The van der Waals surface area contributed by atoms with Crippen molar-refractivity contribution < 1.29 is 28.9 Å². The van der Waals surface area contributed by atoms with E-state index in [2.05, 4.69) is 40.7 Å². The molecule has 3 N–H and O–H groups in total. The average molecular weight is 640 g/mol. The lowest BCUT2D eigenvalue weighted by molar-refractivity contribution is -0.141. The first kappa shape index (κ1) is 33.6. The number of H-pyrrole nitrogens is 2. The van der Waals surface area contributed by atoms with Gasteiger partial charge in [0.1, 0.15) is 18.1 Å². The number of aryl methyl sites for hydroxylation is 5. The zero-order chi connectivity index (χ0) is 33.5. The number of rotatable bonds is 10. The Hall–Kier alpha value is -4.79. The van der Waals surface area contributed by atoms with Crippen molar-refractivity contribution in [1.29, 1.82) is 0 Å². The van der Waals surface area contributed by atoms with Gasteiger partial charge in [-0.15, -0.1) is 0 Å². The molecular weight excluding hydrogens is 594 g/mol. The van der Waals surface area contributed by atoms with E-state index in [4.69, 9.17) is 14.5 Å². The smallest absolute Gasteiger partial charge is 0.305 e. The number of fused-ring (bicyclic) bond motifs is 2. The van der Waals surface area contributed by atoms with E-state index < -0.39 is 0 Å². The summed E-state index contributed by atoms with van der Waals surface area (Å²) >= 11 is 0. The summed E-state index contributed by atoms with van der Waals surface area (Å²) in [5.74, 6) is 1.30. The Morgan fingerprint density at radius 1 is 0.830 bits per heavy atom. The summed E-state index contributed by atoms with van der Waals surface area (Å²) in [5, 5.41) is 11.5. The molecule has 2 aromatic carbocycles. The second kappa shape index (κ2) is 15.2. The van der Waals surface area contributed by atoms with Crippen LogP contribution >= 0.6 is 0 Å². The molecule has 0 bridgehead atoms. The predicted molar refractivity (Wildman–Crippen MR) is 183 cm³/mol. The third kappa shape index (κ3) is 8.14. The van der Waals surface area contributed by atoms with Gasteiger partial charge in [-0.05, 0) is 106 Å². The maximum Gasteiger partial charge on any atom is 0.305 e. The molecule has 0 radical (unpaired) electrons. The molecule has 248 valence electrons. The summed E-state index contributed by atoms with van der Waals surface area (Å²) in [6.45, 7) is 6.72. The first-order valence-corrected chi connectivity index (χ1v) is 16.3. The molecule has 9 heteroatoms. The topological polar surface area (TPSA) is 127 Å². The van der Waals surface area contributed by atoms with E-state index in [1.165, 1.54) is 51.2 Å². The molecule has 1 fully saturated rings. The minimum Gasteiger partial charge on any atom is -0.508 e. The highest BCUT2D eigenvalue weighted by Crippen LogP contribution is 2.35. The van der Waals surface area contributed by atoms with Gasteiger partial charge in [0.2, 0.25) is 0 Å². The lowest BCUT2D eigenvalue weighted by atomic mass is 9.98. The summed E-state index contributed by atoms with van der Waals surface area (Å²) in [6, 6.07) is 13.5. The lowest BCUT2D eigenvalue weighted by Crippen LogP contribution is -2.03. The van der Waals surface area contributed by atoms with Crippen LogP contribution in [-0.4, -0.2) is 46.2 Å². The number of methoxy groups -OCH3 is 2. The number of aromatic hydroxyl groups is 1. The van der Waals surface area contributed by atoms with Crippen molar-refractivity contribution in [3.8, 4) is 11.5 Å². The van der Waals surface area contributed by atoms with Gasteiger partial charge in [-0.3, -0.25) is 14.6 Å². The Bertz CT molecular complexity index is 1860. The standard InChI is InChI=1S/C25H30N2O3.C13H15NO3/c1-16-12-18(14-26-25(16)19-6-4-5-7-19)15-30-20-8-9-23-21(13-20)17(2)22(27-23)10-11-24(28)29-3;1-8-10-7-9(15)3-4-12(10)14-11(8)5-6-13(16)17-2/h8-9,12-14,19,27H,4-7,10-11,15H2,1-3H3;3-4,7,14-15H,5-6H2,1-2H3. The predicted octanol–water partition coefficient (Wildman–Crippen LogP) is 7.81. The van der Waals surface area contributed by atoms with Crippen molar-refractivity contribution in [2.75, 3.05) is 14.2 Å². The lowest BCUT2D eigenvalue weighted by Gasteiger charge is -2.13. The number of hydrogen-bond donors (Lipinski definition) is 3.